The SMILES string of the molecule is CS(=O)(=O)c1nncc(C2CC2)n1. The van der Waals surface area contributed by atoms with E-state index in [9.17, 15) is 8.42 Å². The van der Waals surface area contributed by atoms with Crippen LogP contribution < -0.4 is 0 Å². The molecular weight excluding hydrogens is 190 g/mol. The summed E-state index contributed by atoms with van der Waals surface area (Å²) in [7, 11) is -3.32. The Bertz CT molecular complexity index is 425. The molecule has 0 amide bonds. The number of rotatable bonds is 2. The predicted molar refractivity (Wildman–Crippen MR) is 44.9 cm³/mol. The number of nitrogens with zero attached hydrogens (tertiary/aromatic N) is 3. The van der Waals surface area contributed by atoms with Crippen molar-refractivity contribution in [2.75, 3.05) is 6.26 Å². The number of aromatic nitrogens is 3. The number of sulfone groups is 1. The van der Waals surface area contributed by atoms with E-state index in [-0.39, 0.29) is 5.16 Å². The summed E-state index contributed by atoms with van der Waals surface area (Å²) < 4.78 is 22.1. The molecule has 0 saturated heterocycles. The van der Waals surface area contributed by atoms with Crippen molar-refractivity contribution in [3.8, 4) is 0 Å². The molecule has 13 heavy (non-hydrogen) atoms. The van der Waals surface area contributed by atoms with Crippen molar-refractivity contribution in [3.05, 3.63) is 11.9 Å². The smallest absolute Gasteiger partial charge is 0.221 e. The van der Waals surface area contributed by atoms with E-state index >= 15 is 0 Å². The van der Waals surface area contributed by atoms with Crippen molar-refractivity contribution >= 4 is 9.84 Å². The Morgan fingerprint density at radius 1 is 1.46 bits per heavy atom. The van der Waals surface area contributed by atoms with E-state index in [4.69, 9.17) is 0 Å². The molecule has 0 N–H and O–H groups in total. The van der Waals surface area contributed by atoms with Crippen molar-refractivity contribution in [2.24, 2.45) is 0 Å². The second kappa shape index (κ2) is 2.73. The molecule has 0 spiro atoms. The van der Waals surface area contributed by atoms with Gasteiger partial charge in [0.05, 0.1) is 11.9 Å². The van der Waals surface area contributed by atoms with Crippen LogP contribution in [0.2, 0.25) is 0 Å². The minimum absolute atomic E-state index is 0.170. The van der Waals surface area contributed by atoms with Gasteiger partial charge in [0.1, 0.15) is 0 Å². The van der Waals surface area contributed by atoms with Crippen molar-refractivity contribution in [1.82, 2.24) is 15.2 Å². The molecule has 5 nitrogen and oxygen atoms in total. The van der Waals surface area contributed by atoms with Crippen molar-refractivity contribution in [2.45, 2.75) is 23.9 Å². The highest BCUT2D eigenvalue weighted by atomic mass is 32.2. The molecule has 0 radical (unpaired) electrons. The van der Waals surface area contributed by atoms with E-state index in [1.165, 1.54) is 6.20 Å². The summed E-state index contributed by atoms with van der Waals surface area (Å²) in [5.41, 5.74) is 0.746. The molecule has 1 fully saturated rings. The normalized spacial score (nSPS) is 17.3. The van der Waals surface area contributed by atoms with Crippen LogP contribution in [0, 0.1) is 0 Å². The van der Waals surface area contributed by atoms with Gasteiger partial charge in [-0.3, -0.25) is 0 Å². The maximum absolute atomic E-state index is 11.1. The van der Waals surface area contributed by atoms with Crippen LogP contribution in [-0.4, -0.2) is 29.9 Å². The predicted octanol–water partition coefficient (Wildman–Crippen LogP) is 0.152. The summed E-state index contributed by atoms with van der Waals surface area (Å²) in [6, 6.07) is 0. The summed E-state index contributed by atoms with van der Waals surface area (Å²) in [5.74, 6) is 0.399. The van der Waals surface area contributed by atoms with Crippen molar-refractivity contribution < 1.29 is 8.42 Å². The van der Waals surface area contributed by atoms with Gasteiger partial charge in [-0.25, -0.2) is 13.4 Å². The second-order valence-corrected chi connectivity index (χ2v) is 5.12. The molecule has 1 saturated carbocycles. The Labute approximate surface area is 76.1 Å². The third-order valence-corrected chi connectivity index (χ3v) is 2.72. The molecule has 0 unspecified atom stereocenters. The molecule has 1 aromatic heterocycles. The third kappa shape index (κ3) is 1.82. The van der Waals surface area contributed by atoms with Gasteiger partial charge in [0.15, 0.2) is 0 Å². The van der Waals surface area contributed by atoms with Crippen LogP contribution in [0.3, 0.4) is 0 Å². The fourth-order valence-corrected chi connectivity index (χ4v) is 1.50. The first kappa shape index (κ1) is 8.55. The van der Waals surface area contributed by atoms with Crippen LogP contribution in [0.25, 0.3) is 0 Å². The maximum atomic E-state index is 11.1. The van der Waals surface area contributed by atoms with Gasteiger partial charge in [-0.1, -0.05) is 0 Å². The summed E-state index contributed by atoms with van der Waals surface area (Å²) >= 11 is 0. The Hall–Kier alpha value is -1.04. The first-order valence-corrected chi connectivity index (χ1v) is 5.86. The lowest BCUT2D eigenvalue weighted by Crippen LogP contribution is -2.07. The molecule has 1 aromatic rings. The quantitative estimate of drug-likeness (QED) is 0.678. The van der Waals surface area contributed by atoms with E-state index in [0.717, 1.165) is 24.8 Å². The zero-order valence-corrected chi connectivity index (χ0v) is 7.95. The summed E-state index contributed by atoms with van der Waals surface area (Å²) in [6.07, 6.45) is 4.76. The Morgan fingerprint density at radius 2 is 2.15 bits per heavy atom. The van der Waals surface area contributed by atoms with Crippen LogP contribution >= 0.6 is 0 Å². The summed E-state index contributed by atoms with van der Waals surface area (Å²) in [5, 5.41) is 6.92. The minimum atomic E-state index is -3.32. The minimum Gasteiger partial charge on any atom is -0.221 e. The molecule has 0 bridgehead atoms. The van der Waals surface area contributed by atoms with Crippen LogP contribution in [0.1, 0.15) is 24.5 Å². The molecule has 0 aliphatic heterocycles. The standard InChI is InChI=1S/C7H9N3O2S/c1-13(11,12)7-9-6(4-8-10-7)5-2-3-5/h4-5H,2-3H2,1H3. The average Bonchev–Trinajstić information content (AvgIpc) is 2.85. The van der Waals surface area contributed by atoms with Gasteiger partial charge in [-0.05, 0) is 12.8 Å². The Kier molecular flexibility index (Phi) is 1.80. The second-order valence-electron chi connectivity index (χ2n) is 3.21. The highest BCUT2D eigenvalue weighted by Gasteiger charge is 2.26. The van der Waals surface area contributed by atoms with Crippen molar-refractivity contribution in [1.29, 1.82) is 0 Å². The zero-order valence-electron chi connectivity index (χ0n) is 7.14. The van der Waals surface area contributed by atoms with E-state index in [2.05, 4.69) is 15.2 Å². The zero-order chi connectivity index (χ0) is 9.47. The van der Waals surface area contributed by atoms with Crippen LogP contribution in [0.15, 0.2) is 11.4 Å². The number of hydrogen-bond acceptors (Lipinski definition) is 5. The third-order valence-electron chi connectivity index (χ3n) is 1.89. The fourth-order valence-electron chi connectivity index (χ4n) is 1.03. The molecule has 1 aliphatic rings. The first-order valence-electron chi connectivity index (χ1n) is 3.97. The summed E-state index contributed by atoms with van der Waals surface area (Å²) in [4.78, 5) is 3.94. The largest absolute Gasteiger partial charge is 0.267 e. The first-order chi connectivity index (χ1) is 6.07. The van der Waals surface area contributed by atoms with Gasteiger partial charge in [-0.2, -0.15) is 5.10 Å². The molecular formula is C7H9N3O2S. The van der Waals surface area contributed by atoms with Crippen molar-refractivity contribution in [3.63, 3.8) is 0 Å². The maximum Gasteiger partial charge on any atom is 0.267 e. The van der Waals surface area contributed by atoms with Crippen LogP contribution in [-0.2, 0) is 9.84 Å². The van der Waals surface area contributed by atoms with Gasteiger partial charge < -0.3 is 0 Å². The van der Waals surface area contributed by atoms with E-state index in [1.807, 2.05) is 0 Å². The summed E-state index contributed by atoms with van der Waals surface area (Å²) in [6.45, 7) is 0. The molecule has 70 valence electrons. The topological polar surface area (TPSA) is 72.8 Å². The highest BCUT2D eigenvalue weighted by Crippen LogP contribution is 2.38. The fraction of sp³-hybridized carbons (Fsp3) is 0.571. The van der Waals surface area contributed by atoms with Gasteiger partial charge >= 0.3 is 0 Å². The molecule has 6 heteroatoms. The molecule has 1 aliphatic carbocycles. The van der Waals surface area contributed by atoms with Gasteiger partial charge in [-0.15, -0.1) is 5.10 Å². The Balaban J connectivity index is 2.43. The lowest BCUT2D eigenvalue weighted by Gasteiger charge is -1.97. The lowest BCUT2D eigenvalue weighted by atomic mass is 10.3. The van der Waals surface area contributed by atoms with Gasteiger partial charge in [0.25, 0.3) is 5.16 Å². The van der Waals surface area contributed by atoms with Gasteiger partial charge in [0, 0.05) is 12.2 Å². The molecule has 2 rings (SSSR count). The lowest BCUT2D eigenvalue weighted by molar-refractivity contribution is 0.587. The molecule has 0 atom stereocenters. The van der Waals surface area contributed by atoms with Gasteiger partial charge in [0.2, 0.25) is 9.84 Å². The number of hydrogen-bond donors (Lipinski definition) is 0. The van der Waals surface area contributed by atoms with Crippen LogP contribution in [0.4, 0.5) is 0 Å². The van der Waals surface area contributed by atoms with Crippen LogP contribution in [0.5, 0.6) is 0 Å². The monoisotopic (exact) mass is 199 g/mol. The average molecular weight is 199 g/mol. The Morgan fingerprint density at radius 3 is 2.69 bits per heavy atom. The van der Waals surface area contributed by atoms with E-state index in [1.54, 1.807) is 0 Å². The van der Waals surface area contributed by atoms with E-state index in [0.29, 0.717) is 5.92 Å². The molecule has 0 aromatic carbocycles. The highest BCUT2D eigenvalue weighted by molar-refractivity contribution is 7.90. The molecule has 1 heterocycles. The van der Waals surface area contributed by atoms with E-state index < -0.39 is 9.84 Å².